The van der Waals surface area contributed by atoms with Gasteiger partial charge >= 0.3 is 5.97 Å². The lowest BCUT2D eigenvalue weighted by atomic mass is 9.95. The van der Waals surface area contributed by atoms with Crippen LogP contribution in [-0.2, 0) is 9.53 Å². The molecule has 0 aliphatic carbocycles. The fourth-order valence-electron chi connectivity index (χ4n) is 3.01. The highest BCUT2D eigenvalue weighted by atomic mass is 16.6. The van der Waals surface area contributed by atoms with Crippen molar-refractivity contribution >= 4 is 5.97 Å². The second kappa shape index (κ2) is 9.59. The van der Waals surface area contributed by atoms with Crippen molar-refractivity contribution in [1.29, 1.82) is 0 Å². The van der Waals surface area contributed by atoms with Crippen molar-refractivity contribution in [2.45, 2.75) is 71.3 Å². The zero-order chi connectivity index (χ0) is 16.5. The standard InChI is InChI=1S/C20H30O3/c1-3-5-7-8-9-17-15-19(23-20(17)21)16-10-12-18(13-11-16)22-14-6-4-2/h10-13,17,19H,3-9,14-15H2,1-2H3. The van der Waals surface area contributed by atoms with E-state index in [4.69, 9.17) is 9.47 Å². The van der Waals surface area contributed by atoms with E-state index in [0.29, 0.717) is 0 Å². The van der Waals surface area contributed by atoms with E-state index in [-0.39, 0.29) is 18.0 Å². The van der Waals surface area contributed by atoms with Gasteiger partial charge in [0, 0.05) is 6.42 Å². The molecule has 0 aromatic heterocycles. The lowest BCUT2D eigenvalue weighted by molar-refractivity contribution is -0.144. The molecular formula is C20H30O3. The highest BCUT2D eigenvalue weighted by molar-refractivity contribution is 5.74. The molecule has 1 fully saturated rings. The van der Waals surface area contributed by atoms with E-state index in [0.717, 1.165) is 50.0 Å². The highest BCUT2D eigenvalue weighted by Gasteiger charge is 2.34. The Balaban J connectivity index is 1.81. The molecule has 128 valence electrons. The van der Waals surface area contributed by atoms with Crippen molar-refractivity contribution in [3.05, 3.63) is 29.8 Å². The number of unbranched alkanes of at least 4 members (excludes halogenated alkanes) is 4. The van der Waals surface area contributed by atoms with Crippen molar-refractivity contribution in [1.82, 2.24) is 0 Å². The number of carbonyl (C=O) groups excluding carboxylic acids is 1. The van der Waals surface area contributed by atoms with Gasteiger partial charge in [0.1, 0.15) is 11.9 Å². The molecule has 2 atom stereocenters. The lowest BCUT2D eigenvalue weighted by Crippen LogP contribution is -2.06. The first-order valence-electron chi connectivity index (χ1n) is 9.17. The molecule has 2 unspecified atom stereocenters. The molecule has 1 heterocycles. The number of benzene rings is 1. The van der Waals surface area contributed by atoms with Crippen molar-refractivity contribution in [3.8, 4) is 5.75 Å². The minimum atomic E-state index is -0.0802. The number of esters is 1. The molecule has 0 N–H and O–H groups in total. The van der Waals surface area contributed by atoms with E-state index in [1.807, 2.05) is 24.3 Å². The van der Waals surface area contributed by atoms with Gasteiger partial charge in [-0.05, 0) is 30.5 Å². The van der Waals surface area contributed by atoms with Crippen LogP contribution in [0.25, 0.3) is 0 Å². The summed E-state index contributed by atoms with van der Waals surface area (Å²) in [5.74, 6) is 0.953. The molecule has 2 rings (SSSR count). The number of carbonyl (C=O) groups is 1. The quantitative estimate of drug-likeness (QED) is 0.425. The van der Waals surface area contributed by atoms with Crippen LogP contribution < -0.4 is 4.74 Å². The van der Waals surface area contributed by atoms with Gasteiger partial charge in [0.2, 0.25) is 0 Å². The molecule has 1 aliphatic heterocycles. The van der Waals surface area contributed by atoms with Crippen LogP contribution in [0.4, 0.5) is 0 Å². The molecule has 3 nitrogen and oxygen atoms in total. The summed E-state index contributed by atoms with van der Waals surface area (Å²) < 4.78 is 11.3. The van der Waals surface area contributed by atoms with Gasteiger partial charge in [-0.1, -0.05) is 58.1 Å². The Hall–Kier alpha value is -1.51. The maximum Gasteiger partial charge on any atom is 0.309 e. The average Bonchev–Trinajstić information content (AvgIpc) is 2.93. The lowest BCUT2D eigenvalue weighted by Gasteiger charge is -2.11. The Morgan fingerprint density at radius 1 is 1.04 bits per heavy atom. The molecular weight excluding hydrogens is 288 g/mol. The molecule has 1 aliphatic rings. The fraction of sp³-hybridized carbons (Fsp3) is 0.650. The normalized spacial score (nSPS) is 20.5. The first-order valence-corrected chi connectivity index (χ1v) is 9.17. The molecule has 0 spiro atoms. The van der Waals surface area contributed by atoms with Crippen molar-refractivity contribution < 1.29 is 14.3 Å². The topological polar surface area (TPSA) is 35.5 Å². The van der Waals surface area contributed by atoms with Gasteiger partial charge in [0.15, 0.2) is 0 Å². The van der Waals surface area contributed by atoms with Crippen molar-refractivity contribution in [2.24, 2.45) is 5.92 Å². The van der Waals surface area contributed by atoms with Gasteiger partial charge in [0.05, 0.1) is 12.5 Å². The predicted octanol–water partition coefficient (Wildman–Crippen LogP) is 5.44. The molecule has 0 radical (unpaired) electrons. The SMILES string of the molecule is CCCCCCC1CC(c2ccc(OCCCC)cc2)OC1=O. The third-order valence-electron chi connectivity index (χ3n) is 4.51. The van der Waals surface area contributed by atoms with Crippen LogP contribution in [0.3, 0.4) is 0 Å². The van der Waals surface area contributed by atoms with Crippen LogP contribution in [0.15, 0.2) is 24.3 Å². The Morgan fingerprint density at radius 2 is 1.78 bits per heavy atom. The molecule has 0 amide bonds. The zero-order valence-corrected chi connectivity index (χ0v) is 14.6. The van der Waals surface area contributed by atoms with Gasteiger partial charge in [0.25, 0.3) is 0 Å². The molecule has 3 heteroatoms. The molecule has 0 saturated carbocycles. The minimum absolute atomic E-state index is 0.0187. The van der Waals surface area contributed by atoms with Crippen LogP contribution in [0, 0.1) is 5.92 Å². The minimum Gasteiger partial charge on any atom is -0.494 e. The summed E-state index contributed by atoms with van der Waals surface area (Å²) >= 11 is 0. The number of ether oxygens (including phenoxy) is 2. The summed E-state index contributed by atoms with van der Waals surface area (Å²) in [5, 5.41) is 0. The maximum atomic E-state index is 12.0. The smallest absolute Gasteiger partial charge is 0.309 e. The van der Waals surface area contributed by atoms with Gasteiger partial charge in [-0.3, -0.25) is 4.79 Å². The van der Waals surface area contributed by atoms with Crippen LogP contribution in [0.1, 0.15) is 76.9 Å². The molecule has 1 saturated heterocycles. The van der Waals surface area contributed by atoms with E-state index >= 15 is 0 Å². The Morgan fingerprint density at radius 3 is 2.48 bits per heavy atom. The monoisotopic (exact) mass is 318 g/mol. The first kappa shape index (κ1) is 17.8. The molecule has 1 aromatic carbocycles. The fourth-order valence-corrected chi connectivity index (χ4v) is 3.01. The van der Waals surface area contributed by atoms with E-state index in [2.05, 4.69) is 13.8 Å². The van der Waals surface area contributed by atoms with E-state index < -0.39 is 0 Å². The van der Waals surface area contributed by atoms with Gasteiger partial charge in [-0.2, -0.15) is 0 Å². The van der Waals surface area contributed by atoms with Crippen LogP contribution in [0.5, 0.6) is 5.75 Å². The third-order valence-corrected chi connectivity index (χ3v) is 4.51. The van der Waals surface area contributed by atoms with Gasteiger partial charge in [-0.25, -0.2) is 0 Å². The van der Waals surface area contributed by atoms with Crippen LogP contribution in [-0.4, -0.2) is 12.6 Å². The summed E-state index contributed by atoms with van der Waals surface area (Å²) in [5.41, 5.74) is 1.08. The summed E-state index contributed by atoms with van der Waals surface area (Å²) in [6, 6.07) is 8.01. The molecule has 1 aromatic rings. The van der Waals surface area contributed by atoms with E-state index in [1.54, 1.807) is 0 Å². The molecule has 0 bridgehead atoms. The number of cyclic esters (lactones) is 1. The van der Waals surface area contributed by atoms with Crippen molar-refractivity contribution in [3.63, 3.8) is 0 Å². The van der Waals surface area contributed by atoms with Crippen LogP contribution in [0.2, 0.25) is 0 Å². The van der Waals surface area contributed by atoms with Gasteiger partial charge < -0.3 is 9.47 Å². The summed E-state index contributed by atoms with van der Waals surface area (Å²) in [7, 11) is 0. The Kier molecular flexibility index (Phi) is 7.44. The Labute approximate surface area is 140 Å². The number of hydrogen-bond donors (Lipinski definition) is 0. The predicted molar refractivity (Wildman–Crippen MR) is 92.5 cm³/mol. The number of rotatable bonds is 10. The van der Waals surface area contributed by atoms with E-state index in [9.17, 15) is 4.79 Å². The van der Waals surface area contributed by atoms with Gasteiger partial charge in [-0.15, -0.1) is 0 Å². The third kappa shape index (κ3) is 5.56. The maximum absolute atomic E-state index is 12.0. The number of hydrogen-bond acceptors (Lipinski definition) is 3. The second-order valence-corrected chi connectivity index (χ2v) is 6.48. The summed E-state index contributed by atoms with van der Waals surface area (Å²) in [6.45, 7) is 5.11. The molecule has 23 heavy (non-hydrogen) atoms. The largest absolute Gasteiger partial charge is 0.494 e. The summed E-state index contributed by atoms with van der Waals surface area (Å²) in [4.78, 5) is 12.0. The second-order valence-electron chi connectivity index (χ2n) is 6.48. The summed E-state index contributed by atoms with van der Waals surface area (Å²) in [6.07, 6.45) is 8.74. The Bertz CT molecular complexity index is 466. The zero-order valence-electron chi connectivity index (χ0n) is 14.6. The average molecular weight is 318 g/mol. The van der Waals surface area contributed by atoms with E-state index in [1.165, 1.54) is 19.3 Å². The van der Waals surface area contributed by atoms with Crippen molar-refractivity contribution in [2.75, 3.05) is 6.61 Å². The van der Waals surface area contributed by atoms with Crippen LogP contribution >= 0.6 is 0 Å². The highest BCUT2D eigenvalue weighted by Crippen LogP contribution is 2.36. The first-order chi connectivity index (χ1) is 11.2.